The second-order valence-corrected chi connectivity index (χ2v) is 5.51. The molecule has 0 radical (unpaired) electrons. The normalized spacial score (nSPS) is 11.2. The molecule has 4 nitrogen and oxygen atoms in total. The summed E-state index contributed by atoms with van der Waals surface area (Å²) in [5.74, 6) is -1.52. The first-order valence-electron chi connectivity index (χ1n) is 5.02. The molecule has 0 fully saturated rings. The Morgan fingerprint density at radius 2 is 2.06 bits per heavy atom. The van der Waals surface area contributed by atoms with E-state index in [4.69, 9.17) is 5.11 Å². The number of aromatic nitrogens is 1. The highest BCUT2D eigenvalue weighted by molar-refractivity contribution is 9.10. The molecule has 0 bridgehead atoms. The van der Waals surface area contributed by atoms with Crippen molar-refractivity contribution in [3.8, 4) is 5.75 Å². The van der Waals surface area contributed by atoms with Gasteiger partial charge in [-0.15, -0.1) is 11.3 Å². The maximum Gasteiger partial charge on any atom is 0.358 e. The third kappa shape index (κ3) is 1.49. The molecule has 2 heterocycles. The molecular formula is C12H6BrNO3S. The van der Waals surface area contributed by atoms with Crippen molar-refractivity contribution in [2.75, 3.05) is 0 Å². The largest absolute Gasteiger partial charge is 0.504 e. The van der Waals surface area contributed by atoms with Crippen LogP contribution in [-0.4, -0.2) is 21.2 Å². The lowest BCUT2D eigenvalue weighted by atomic mass is 10.2. The molecule has 0 saturated heterocycles. The first-order valence-corrected chi connectivity index (χ1v) is 6.63. The van der Waals surface area contributed by atoms with E-state index in [1.807, 2.05) is 24.3 Å². The molecule has 3 rings (SSSR count). The number of carbonyl (C=O) groups is 1. The molecule has 0 unspecified atom stereocenters. The summed E-state index contributed by atoms with van der Waals surface area (Å²) in [4.78, 5) is 14.9. The van der Waals surface area contributed by atoms with E-state index in [9.17, 15) is 9.90 Å². The van der Waals surface area contributed by atoms with E-state index in [1.165, 1.54) is 11.3 Å². The van der Waals surface area contributed by atoms with Crippen LogP contribution in [-0.2, 0) is 0 Å². The zero-order chi connectivity index (χ0) is 12.9. The monoisotopic (exact) mass is 323 g/mol. The van der Waals surface area contributed by atoms with Crippen molar-refractivity contribution >= 4 is 53.4 Å². The van der Waals surface area contributed by atoms with Crippen molar-refractivity contribution in [2.45, 2.75) is 0 Å². The highest BCUT2D eigenvalue weighted by Gasteiger charge is 2.20. The van der Waals surface area contributed by atoms with Gasteiger partial charge in [-0.2, -0.15) is 0 Å². The quantitative estimate of drug-likeness (QED) is 0.671. The van der Waals surface area contributed by atoms with Gasteiger partial charge in [-0.3, -0.25) is 0 Å². The summed E-state index contributed by atoms with van der Waals surface area (Å²) in [7, 11) is 0. The third-order valence-electron chi connectivity index (χ3n) is 2.65. The molecule has 2 N–H and O–H groups in total. The second-order valence-electron chi connectivity index (χ2n) is 3.71. The molecule has 6 heteroatoms. The van der Waals surface area contributed by atoms with E-state index in [0.29, 0.717) is 9.30 Å². The van der Waals surface area contributed by atoms with Gasteiger partial charge < -0.3 is 10.2 Å². The number of pyridine rings is 1. The van der Waals surface area contributed by atoms with Gasteiger partial charge in [0, 0.05) is 15.5 Å². The number of fused-ring (bicyclic) bond motifs is 3. The van der Waals surface area contributed by atoms with Gasteiger partial charge in [0.25, 0.3) is 0 Å². The van der Waals surface area contributed by atoms with E-state index in [1.54, 1.807) is 0 Å². The van der Waals surface area contributed by atoms with Gasteiger partial charge in [-0.05, 0) is 22.0 Å². The summed E-state index contributed by atoms with van der Waals surface area (Å²) in [6, 6.07) is 7.63. The number of halogens is 1. The SMILES string of the molecule is O=C(O)c1nc(Br)c2c(sc3ccccc32)c1O. The Labute approximate surface area is 114 Å². The zero-order valence-corrected chi connectivity index (χ0v) is 11.2. The fourth-order valence-electron chi connectivity index (χ4n) is 1.88. The number of benzene rings is 1. The van der Waals surface area contributed by atoms with Crippen LogP contribution in [0.15, 0.2) is 28.9 Å². The number of aromatic hydroxyl groups is 1. The van der Waals surface area contributed by atoms with Crippen LogP contribution < -0.4 is 0 Å². The molecule has 18 heavy (non-hydrogen) atoms. The molecule has 0 spiro atoms. The summed E-state index contributed by atoms with van der Waals surface area (Å²) in [5.41, 5.74) is -0.332. The number of carboxylic acids is 1. The van der Waals surface area contributed by atoms with Gasteiger partial charge in [0.15, 0.2) is 11.4 Å². The average Bonchev–Trinajstić information content (AvgIpc) is 2.73. The third-order valence-corrected chi connectivity index (χ3v) is 4.41. The predicted octanol–water partition coefficient (Wildman–Crippen LogP) is 3.62. The first-order chi connectivity index (χ1) is 8.59. The van der Waals surface area contributed by atoms with Crippen LogP contribution >= 0.6 is 27.3 Å². The topological polar surface area (TPSA) is 70.4 Å². The minimum absolute atomic E-state index is 0.276. The summed E-state index contributed by atoms with van der Waals surface area (Å²) in [6.45, 7) is 0. The molecule has 1 aromatic carbocycles. The molecule has 0 aliphatic heterocycles. The fourth-order valence-corrected chi connectivity index (χ4v) is 3.75. The van der Waals surface area contributed by atoms with Crippen molar-refractivity contribution in [3.63, 3.8) is 0 Å². The Kier molecular flexibility index (Phi) is 2.49. The molecule has 3 aromatic rings. The Morgan fingerprint density at radius 3 is 2.78 bits per heavy atom. The van der Waals surface area contributed by atoms with E-state index >= 15 is 0 Å². The second kappa shape index (κ2) is 3.93. The van der Waals surface area contributed by atoms with E-state index < -0.39 is 5.97 Å². The van der Waals surface area contributed by atoms with Crippen molar-refractivity contribution in [2.24, 2.45) is 0 Å². The minimum atomic E-state index is -1.24. The number of hydrogen-bond donors (Lipinski definition) is 2. The molecular weight excluding hydrogens is 318 g/mol. The van der Waals surface area contributed by atoms with E-state index in [0.717, 1.165) is 15.5 Å². The van der Waals surface area contributed by atoms with Gasteiger partial charge in [0.2, 0.25) is 0 Å². The minimum Gasteiger partial charge on any atom is -0.504 e. The Balaban J connectivity index is 2.56. The number of hydrogen-bond acceptors (Lipinski definition) is 4. The van der Waals surface area contributed by atoms with Crippen LogP contribution in [0.4, 0.5) is 0 Å². The van der Waals surface area contributed by atoms with Crippen LogP contribution in [0.1, 0.15) is 10.5 Å². The van der Waals surface area contributed by atoms with Crippen LogP contribution in [0.2, 0.25) is 0 Å². The Hall–Kier alpha value is -1.66. The Morgan fingerprint density at radius 1 is 1.33 bits per heavy atom. The average molecular weight is 324 g/mol. The van der Waals surface area contributed by atoms with Crippen LogP contribution in [0.5, 0.6) is 5.75 Å². The Bertz CT molecular complexity index is 797. The molecule has 90 valence electrons. The lowest BCUT2D eigenvalue weighted by Crippen LogP contribution is -2.01. The molecule has 0 aliphatic carbocycles. The summed E-state index contributed by atoms with van der Waals surface area (Å²) in [6.07, 6.45) is 0. The maximum atomic E-state index is 11.0. The summed E-state index contributed by atoms with van der Waals surface area (Å²) in [5, 5.41) is 20.7. The molecule has 0 atom stereocenters. The number of nitrogens with zero attached hydrogens (tertiary/aromatic N) is 1. The number of thiophene rings is 1. The van der Waals surface area contributed by atoms with E-state index in [2.05, 4.69) is 20.9 Å². The number of carboxylic acid groups (broad SMARTS) is 1. The fraction of sp³-hybridized carbons (Fsp3) is 0. The first kappa shape index (κ1) is 11.4. The zero-order valence-electron chi connectivity index (χ0n) is 8.85. The highest BCUT2D eigenvalue weighted by Crippen LogP contribution is 2.42. The molecule has 0 saturated carbocycles. The van der Waals surface area contributed by atoms with Crippen molar-refractivity contribution in [3.05, 3.63) is 34.6 Å². The summed E-state index contributed by atoms with van der Waals surface area (Å²) >= 11 is 4.62. The van der Waals surface area contributed by atoms with Crippen molar-refractivity contribution in [1.29, 1.82) is 0 Å². The van der Waals surface area contributed by atoms with Crippen LogP contribution in [0.3, 0.4) is 0 Å². The highest BCUT2D eigenvalue weighted by atomic mass is 79.9. The number of aromatic carboxylic acids is 1. The maximum absolute atomic E-state index is 11.0. The van der Waals surface area contributed by atoms with Crippen molar-refractivity contribution in [1.82, 2.24) is 4.98 Å². The van der Waals surface area contributed by atoms with E-state index in [-0.39, 0.29) is 11.4 Å². The lowest BCUT2D eigenvalue weighted by molar-refractivity contribution is 0.0687. The van der Waals surface area contributed by atoms with Gasteiger partial charge >= 0.3 is 5.97 Å². The van der Waals surface area contributed by atoms with Crippen molar-refractivity contribution < 1.29 is 15.0 Å². The standard InChI is InChI=1S/C12H6BrNO3S/c13-11-7-5-3-1-2-4-6(5)18-10(7)9(15)8(14-11)12(16)17/h1-4,15H,(H,16,17). The molecule has 0 aliphatic rings. The van der Waals surface area contributed by atoms with Gasteiger partial charge in [0.05, 0.1) is 4.70 Å². The van der Waals surface area contributed by atoms with Crippen LogP contribution in [0.25, 0.3) is 20.2 Å². The molecule has 2 aromatic heterocycles. The smallest absolute Gasteiger partial charge is 0.358 e. The van der Waals surface area contributed by atoms with Gasteiger partial charge in [-0.25, -0.2) is 9.78 Å². The van der Waals surface area contributed by atoms with Crippen LogP contribution in [0, 0.1) is 0 Å². The number of rotatable bonds is 1. The predicted molar refractivity (Wildman–Crippen MR) is 73.5 cm³/mol. The molecule has 0 amide bonds. The summed E-state index contributed by atoms with van der Waals surface area (Å²) < 4.78 is 1.95. The van der Waals surface area contributed by atoms with Gasteiger partial charge in [-0.1, -0.05) is 18.2 Å². The van der Waals surface area contributed by atoms with Gasteiger partial charge in [0.1, 0.15) is 4.60 Å². The lowest BCUT2D eigenvalue weighted by Gasteiger charge is -2.02.